The SMILES string of the molecule is C=C(C(=O)OCC)[C@H](NS(=O)C(C)(C)C)C(F)(F)F. The normalized spacial score (nSPS) is 15.7. The van der Waals surface area contributed by atoms with Crippen molar-refractivity contribution in [3.63, 3.8) is 0 Å². The van der Waals surface area contributed by atoms with Gasteiger partial charge in [0.05, 0.1) is 27.9 Å². The molecule has 0 aromatic heterocycles. The minimum absolute atomic E-state index is 0.0647. The number of hydrogen-bond donors (Lipinski definition) is 1. The lowest BCUT2D eigenvalue weighted by Gasteiger charge is -2.26. The maximum Gasteiger partial charge on any atom is 0.409 e. The van der Waals surface area contributed by atoms with Crippen LogP contribution in [-0.2, 0) is 20.5 Å². The summed E-state index contributed by atoms with van der Waals surface area (Å²) in [7, 11) is -1.99. The van der Waals surface area contributed by atoms with E-state index in [1.54, 1.807) is 0 Å². The molecule has 0 saturated carbocycles. The van der Waals surface area contributed by atoms with Gasteiger partial charge in [-0.05, 0) is 27.7 Å². The molecule has 4 nitrogen and oxygen atoms in total. The van der Waals surface area contributed by atoms with Crippen molar-refractivity contribution in [3.05, 3.63) is 12.2 Å². The van der Waals surface area contributed by atoms with E-state index in [9.17, 15) is 22.2 Å². The Labute approximate surface area is 113 Å². The van der Waals surface area contributed by atoms with Crippen molar-refractivity contribution < 1.29 is 26.9 Å². The molecule has 0 bridgehead atoms. The molecule has 1 N–H and O–H groups in total. The highest BCUT2D eigenvalue weighted by molar-refractivity contribution is 7.84. The number of alkyl halides is 3. The Hall–Kier alpha value is -0.890. The maximum absolute atomic E-state index is 12.9. The van der Waals surface area contributed by atoms with Gasteiger partial charge in [0.25, 0.3) is 0 Å². The summed E-state index contributed by atoms with van der Waals surface area (Å²) in [6.45, 7) is 9.02. The summed E-state index contributed by atoms with van der Waals surface area (Å²) in [4.78, 5) is 11.3. The highest BCUT2D eigenvalue weighted by atomic mass is 32.2. The summed E-state index contributed by atoms with van der Waals surface area (Å²) in [6.07, 6.45) is -4.79. The fourth-order valence-corrected chi connectivity index (χ4v) is 1.80. The van der Waals surface area contributed by atoms with Crippen LogP contribution in [0.4, 0.5) is 13.2 Å². The number of ether oxygens (including phenoxy) is 1. The van der Waals surface area contributed by atoms with Gasteiger partial charge in [-0.2, -0.15) is 13.2 Å². The van der Waals surface area contributed by atoms with Gasteiger partial charge in [-0.15, -0.1) is 0 Å². The van der Waals surface area contributed by atoms with Gasteiger partial charge in [-0.25, -0.2) is 13.7 Å². The number of esters is 1. The zero-order chi connectivity index (χ0) is 15.4. The summed E-state index contributed by atoms with van der Waals surface area (Å²) in [5, 5.41) is 0. The van der Waals surface area contributed by atoms with Crippen molar-refractivity contribution in [2.24, 2.45) is 0 Å². The van der Waals surface area contributed by atoms with Crippen LogP contribution in [0.2, 0.25) is 0 Å². The number of nitrogens with one attached hydrogen (secondary N) is 1. The third-order valence-corrected chi connectivity index (χ3v) is 3.56. The molecule has 0 aromatic rings. The molecule has 0 spiro atoms. The first-order valence-corrected chi connectivity index (χ1v) is 6.67. The number of carbonyl (C=O) groups is 1. The largest absolute Gasteiger partial charge is 0.463 e. The second-order valence-corrected chi connectivity index (χ2v) is 6.72. The van der Waals surface area contributed by atoms with E-state index in [4.69, 9.17) is 0 Å². The number of hydrogen-bond acceptors (Lipinski definition) is 3. The van der Waals surface area contributed by atoms with Crippen LogP contribution < -0.4 is 4.72 Å². The lowest BCUT2D eigenvalue weighted by Crippen LogP contribution is -2.49. The topological polar surface area (TPSA) is 55.4 Å². The van der Waals surface area contributed by atoms with Crippen LogP contribution in [-0.4, -0.2) is 33.8 Å². The van der Waals surface area contributed by atoms with Crippen LogP contribution in [0.15, 0.2) is 12.2 Å². The molecular weight excluding hydrogens is 283 g/mol. The molecule has 2 atom stereocenters. The van der Waals surface area contributed by atoms with Crippen molar-refractivity contribution >= 4 is 17.0 Å². The lowest BCUT2D eigenvalue weighted by molar-refractivity contribution is -0.154. The Kier molecular flexibility index (Phi) is 6.21. The minimum Gasteiger partial charge on any atom is -0.463 e. The Bertz CT molecular complexity index is 374. The fourth-order valence-electron chi connectivity index (χ4n) is 0.961. The molecule has 8 heteroatoms. The second-order valence-electron chi connectivity index (χ2n) is 4.72. The second kappa shape index (κ2) is 6.51. The van der Waals surface area contributed by atoms with Crippen molar-refractivity contribution in [3.8, 4) is 0 Å². The number of halogens is 3. The van der Waals surface area contributed by atoms with E-state index in [-0.39, 0.29) is 6.61 Å². The molecule has 0 radical (unpaired) electrons. The Balaban J connectivity index is 5.11. The lowest BCUT2D eigenvalue weighted by atomic mass is 10.1. The Morgan fingerprint density at radius 1 is 1.37 bits per heavy atom. The van der Waals surface area contributed by atoms with Gasteiger partial charge in [-0.3, -0.25) is 0 Å². The van der Waals surface area contributed by atoms with Crippen molar-refractivity contribution in [1.29, 1.82) is 0 Å². The standard InChI is InChI=1S/C11H18F3NO3S/c1-6-18-9(16)7(2)8(11(12,13)14)15-19(17)10(3,4)5/h8,15H,2,6H2,1,3-5H3/t8-,19?/m0/s1. The monoisotopic (exact) mass is 301 g/mol. The maximum atomic E-state index is 12.9. The van der Waals surface area contributed by atoms with Crippen LogP contribution >= 0.6 is 0 Å². The zero-order valence-electron chi connectivity index (χ0n) is 11.3. The van der Waals surface area contributed by atoms with Crippen LogP contribution in [0.5, 0.6) is 0 Å². The molecular formula is C11H18F3NO3S. The molecule has 0 aliphatic rings. The average molecular weight is 301 g/mol. The first-order valence-electron chi connectivity index (χ1n) is 5.52. The van der Waals surface area contributed by atoms with Crippen LogP contribution in [0, 0.1) is 0 Å². The van der Waals surface area contributed by atoms with Gasteiger partial charge >= 0.3 is 12.1 Å². The van der Waals surface area contributed by atoms with Crippen molar-refractivity contribution in [2.45, 2.75) is 44.7 Å². The predicted octanol–water partition coefficient (Wildman–Crippen LogP) is 2.09. The van der Waals surface area contributed by atoms with Crippen LogP contribution in [0.1, 0.15) is 27.7 Å². The third-order valence-electron chi connectivity index (χ3n) is 1.99. The van der Waals surface area contributed by atoms with Crippen molar-refractivity contribution in [1.82, 2.24) is 4.72 Å². The predicted molar refractivity (Wildman–Crippen MR) is 66.6 cm³/mol. The molecule has 0 aromatic carbocycles. The quantitative estimate of drug-likeness (QED) is 0.625. The highest BCUT2D eigenvalue weighted by Gasteiger charge is 2.45. The molecule has 0 saturated heterocycles. The molecule has 0 heterocycles. The summed E-state index contributed by atoms with van der Waals surface area (Å²) in [5.41, 5.74) is -0.813. The van der Waals surface area contributed by atoms with E-state index in [2.05, 4.69) is 11.3 Å². The minimum atomic E-state index is -4.79. The first-order chi connectivity index (χ1) is 8.41. The summed E-state index contributed by atoms with van der Waals surface area (Å²) in [5.74, 6) is -1.16. The van der Waals surface area contributed by atoms with Gasteiger partial charge in [0.15, 0.2) is 0 Å². The van der Waals surface area contributed by atoms with E-state index in [1.807, 2.05) is 4.72 Å². The summed E-state index contributed by atoms with van der Waals surface area (Å²) >= 11 is 0. The Morgan fingerprint density at radius 3 is 2.16 bits per heavy atom. The van der Waals surface area contributed by atoms with Gasteiger partial charge < -0.3 is 4.74 Å². The van der Waals surface area contributed by atoms with E-state index in [1.165, 1.54) is 27.7 Å². The van der Waals surface area contributed by atoms with E-state index in [0.717, 1.165) is 0 Å². The Morgan fingerprint density at radius 2 is 1.84 bits per heavy atom. The van der Waals surface area contributed by atoms with Crippen molar-refractivity contribution in [2.75, 3.05) is 6.61 Å². The first kappa shape index (κ1) is 18.1. The molecule has 1 unspecified atom stereocenters. The zero-order valence-corrected chi connectivity index (χ0v) is 12.1. The summed E-state index contributed by atoms with van der Waals surface area (Å²) < 4.78 is 55.7. The smallest absolute Gasteiger partial charge is 0.409 e. The number of rotatable bonds is 5. The molecule has 0 amide bonds. The molecule has 0 aliphatic heterocycles. The molecule has 112 valence electrons. The van der Waals surface area contributed by atoms with E-state index in [0.29, 0.717) is 0 Å². The van der Waals surface area contributed by atoms with E-state index < -0.39 is 39.5 Å². The third kappa shape index (κ3) is 5.73. The highest BCUT2D eigenvalue weighted by Crippen LogP contribution is 2.27. The van der Waals surface area contributed by atoms with Gasteiger partial charge in [-0.1, -0.05) is 6.58 Å². The van der Waals surface area contributed by atoms with Crippen LogP contribution in [0.25, 0.3) is 0 Å². The summed E-state index contributed by atoms with van der Waals surface area (Å²) in [6, 6.07) is -2.40. The van der Waals surface area contributed by atoms with E-state index >= 15 is 0 Å². The van der Waals surface area contributed by atoms with Gasteiger partial charge in [0.2, 0.25) is 0 Å². The molecule has 0 rings (SSSR count). The molecule has 19 heavy (non-hydrogen) atoms. The average Bonchev–Trinajstić information content (AvgIpc) is 2.21. The number of carbonyl (C=O) groups excluding carboxylic acids is 1. The van der Waals surface area contributed by atoms with Gasteiger partial charge in [0, 0.05) is 0 Å². The molecule has 0 aliphatic carbocycles. The van der Waals surface area contributed by atoms with Gasteiger partial charge in [0.1, 0.15) is 6.04 Å². The van der Waals surface area contributed by atoms with Crippen LogP contribution in [0.3, 0.4) is 0 Å². The molecule has 0 fully saturated rings. The fraction of sp³-hybridized carbons (Fsp3) is 0.727.